The minimum atomic E-state index is 0.694. The zero-order valence-corrected chi connectivity index (χ0v) is 13.8. The van der Waals surface area contributed by atoms with Crippen LogP contribution in [0.5, 0.6) is 0 Å². The van der Waals surface area contributed by atoms with Crippen LogP contribution < -0.4 is 10.6 Å². The molecular formula is C19H32N2. The monoisotopic (exact) mass is 288 g/mol. The van der Waals surface area contributed by atoms with E-state index in [2.05, 4.69) is 48.7 Å². The van der Waals surface area contributed by atoms with Crippen LogP contribution in [0.25, 0.3) is 0 Å². The Morgan fingerprint density at radius 1 is 1.10 bits per heavy atom. The Hall–Kier alpha value is -1.02. The van der Waals surface area contributed by atoms with Crippen molar-refractivity contribution in [1.82, 2.24) is 5.32 Å². The summed E-state index contributed by atoms with van der Waals surface area (Å²) in [5.74, 6) is 1.56. The summed E-state index contributed by atoms with van der Waals surface area (Å²) in [6, 6.07) is 8.74. The van der Waals surface area contributed by atoms with Gasteiger partial charge in [0.15, 0.2) is 0 Å². The molecule has 1 heterocycles. The van der Waals surface area contributed by atoms with E-state index in [-0.39, 0.29) is 0 Å². The van der Waals surface area contributed by atoms with E-state index >= 15 is 0 Å². The van der Waals surface area contributed by atoms with Gasteiger partial charge in [0.1, 0.15) is 0 Å². The van der Waals surface area contributed by atoms with E-state index in [0.717, 1.165) is 19.0 Å². The summed E-state index contributed by atoms with van der Waals surface area (Å²) >= 11 is 0. The molecule has 0 amide bonds. The summed E-state index contributed by atoms with van der Waals surface area (Å²) in [7, 11) is 0. The van der Waals surface area contributed by atoms with E-state index in [1.807, 2.05) is 0 Å². The zero-order valence-electron chi connectivity index (χ0n) is 13.8. The molecule has 1 atom stereocenters. The summed E-state index contributed by atoms with van der Waals surface area (Å²) in [5, 5.41) is 7.12. The fourth-order valence-corrected chi connectivity index (χ4v) is 3.17. The first kappa shape index (κ1) is 16.4. The van der Waals surface area contributed by atoms with Crippen LogP contribution >= 0.6 is 0 Å². The first-order chi connectivity index (χ1) is 10.3. The lowest BCUT2D eigenvalue weighted by atomic mass is 9.98. The average molecular weight is 288 g/mol. The number of unbranched alkanes of at least 4 members (excludes halogenated alkanes) is 3. The maximum absolute atomic E-state index is 3.61. The van der Waals surface area contributed by atoms with Crippen molar-refractivity contribution in [1.29, 1.82) is 0 Å². The van der Waals surface area contributed by atoms with Gasteiger partial charge in [0.25, 0.3) is 0 Å². The molecule has 2 rings (SSSR count). The van der Waals surface area contributed by atoms with Crippen LogP contribution in [0, 0.1) is 5.92 Å². The minimum Gasteiger partial charge on any atom is -0.384 e. The van der Waals surface area contributed by atoms with Gasteiger partial charge >= 0.3 is 0 Å². The molecule has 1 aromatic rings. The van der Waals surface area contributed by atoms with Crippen molar-refractivity contribution < 1.29 is 0 Å². The topological polar surface area (TPSA) is 24.1 Å². The van der Waals surface area contributed by atoms with Gasteiger partial charge in [0, 0.05) is 18.2 Å². The second kappa shape index (κ2) is 9.09. The fraction of sp³-hybridized carbons (Fsp3) is 0.684. The largest absolute Gasteiger partial charge is 0.384 e. The molecule has 0 saturated heterocycles. The maximum Gasteiger partial charge on any atom is 0.0376 e. The van der Waals surface area contributed by atoms with Crippen molar-refractivity contribution in [2.75, 3.05) is 25.0 Å². The van der Waals surface area contributed by atoms with E-state index in [1.54, 1.807) is 0 Å². The molecule has 1 aliphatic heterocycles. The number of benzene rings is 1. The summed E-state index contributed by atoms with van der Waals surface area (Å²) in [6.07, 6.45) is 8.16. The summed E-state index contributed by atoms with van der Waals surface area (Å²) in [4.78, 5) is 0. The number of nitrogens with one attached hydrogen (secondary N) is 2. The molecular weight excluding hydrogens is 256 g/mol. The van der Waals surface area contributed by atoms with Crippen LogP contribution in [0.15, 0.2) is 24.3 Å². The Balaban J connectivity index is 1.48. The highest BCUT2D eigenvalue weighted by molar-refractivity contribution is 5.57. The number of fused-ring (bicyclic) bond motifs is 1. The van der Waals surface area contributed by atoms with E-state index in [1.165, 1.54) is 56.3 Å². The molecule has 2 nitrogen and oxygen atoms in total. The molecule has 0 aromatic heterocycles. The maximum atomic E-state index is 3.61. The van der Waals surface area contributed by atoms with Gasteiger partial charge in [0.2, 0.25) is 0 Å². The number of para-hydroxylation sites is 1. The van der Waals surface area contributed by atoms with Gasteiger partial charge in [-0.25, -0.2) is 0 Å². The average Bonchev–Trinajstić information content (AvgIpc) is 2.88. The Morgan fingerprint density at radius 3 is 2.76 bits per heavy atom. The van der Waals surface area contributed by atoms with Gasteiger partial charge in [-0.05, 0) is 43.5 Å². The van der Waals surface area contributed by atoms with Crippen LogP contribution in [0.1, 0.15) is 63.9 Å². The highest BCUT2D eigenvalue weighted by Gasteiger charge is 2.20. The third-order valence-electron chi connectivity index (χ3n) is 4.49. The number of hydrogen-bond acceptors (Lipinski definition) is 2. The molecule has 0 saturated carbocycles. The van der Waals surface area contributed by atoms with E-state index in [9.17, 15) is 0 Å². The van der Waals surface area contributed by atoms with E-state index < -0.39 is 0 Å². The van der Waals surface area contributed by atoms with Crippen molar-refractivity contribution in [2.24, 2.45) is 5.92 Å². The number of hydrogen-bond donors (Lipinski definition) is 2. The fourth-order valence-electron chi connectivity index (χ4n) is 3.17. The predicted octanol–water partition coefficient (Wildman–Crippen LogP) is 4.78. The van der Waals surface area contributed by atoms with Crippen molar-refractivity contribution in [3.8, 4) is 0 Å². The molecule has 0 spiro atoms. The quantitative estimate of drug-likeness (QED) is 0.605. The number of rotatable bonds is 10. The van der Waals surface area contributed by atoms with Crippen molar-refractivity contribution in [3.63, 3.8) is 0 Å². The highest BCUT2D eigenvalue weighted by Crippen LogP contribution is 2.32. The minimum absolute atomic E-state index is 0.694. The predicted molar refractivity (Wildman–Crippen MR) is 93.1 cm³/mol. The van der Waals surface area contributed by atoms with Gasteiger partial charge < -0.3 is 10.6 Å². The Bertz CT molecular complexity index is 400. The summed E-state index contributed by atoms with van der Waals surface area (Å²) < 4.78 is 0. The Morgan fingerprint density at radius 2 is 1.90 bits per heavy atom. The molecule has 118 valence electrons. The van der Waals surface area contributed by atoms with E-state index in [4.69, 9.17) is 0 Å². The van der Waals surface area contributed by atoms with Gasteiger partial charge in [-0.2, -0.15) is 0 Å². The van der Waals surface area contributed by atoms with Gasteiger partial charge in [-0.3, -0.25) is 0 Å². The van der Waals surface area contributed by atoms with E-state index in [0.29, 0.717) is 5.92 Å². The SMILES string of the molecule is CC(C)CCCCCCNCCC1CNc2ccccc21. The smallest absolute Gasteiger partial charge is 0.0376 e. The standard InChI is InChI=1S/C19H32N2/c1-16(2)9-5-3-4-8-13-20-14-12-17-15-21-19-11-7-6-10-18(17)19/h6-7,10-11,16-17,20-21H,3-5,8-9,12-15H2,1-2H3. The molecule has 0 bridgehead atoms. The summed E-state index contributed by atoms with van der Waals surface area (Å²) in [6.45, 7) is 8.07. The van der Waals surface area contributed by atoms with Crippen molar-refractivity contribution in [2.45, 2.75) is 58.3 Å². The third kappa shape index (κ3) is 5.70. The summed E-state index contributed by atoms with van der Waals surface area (Å²) in [5.41, 5.74) is 2.85. The van der Waals surface area contributed by atoms with Crippen molar-refractivity contribution >= 4 is 5.69 Å². The molecule has 0 aliphatic carbocycles. The van der Waals surface area contributed by atoms with Crippen molar-refractivity contribution in [3.05, 3.63) is 29.8 Å². The molecule has 1 unspecified atom stereocenters. The first-order valence-corrected chi connectivity index (χ1v) is 8.81. The van der Waals surface area contributed by atoms with Crippen LogP contribution in [0.4, 0.5) is 5.69 Å². The molecule has 0 radical (unpaired) electrons. The van der Waals surface area contributed by atoms with Gasteiger partial charge in [-0.1, -0.05) is 57.7 Å². The molecule has 2 N–H and O–H groups in total. The lowest BCUT2D eigenvalue weighted by molar-refractivity contribution is 0.508. The highest BCUT2D eigenvalue weighted by atomic mass is 14.9. The number of anilines is 1. The van der Waals surface area contributed by atoms with Crippen LogP contribution in [0.2, 0.25) is 0 Å². The second-order valence-electron chi connectivity index (χ2n) is 6.80. The molecule has 0 fully saturated rings. The second-order valence-corrected chi connectivity index (χ2v) is 6.80. The molecule has 1 aliphatic rings. The molecule has 21 heavy (non-hydrogen) atoms. The third-order valence-corrected chi connectivity index (χ3v) is 4.49. The van der Waals surface area contributed by atoms with Crippen LogP contribution in [-0.4, -0.2) is 19.6 Å². The van der Waals surface area contributed by atoms with Crippen LogP contribution in [-0.2, 0) is 0 Å². The zero-order chi connectivity index (χ0) is 14.9. The van der Waals surface area contributed by atoms with Gasteiger partial charge in [0.05, 0.1) is 0 Å². The lowest BCUT2D eigenvalue weighted by Crippen LogP contribution is -2.19. The Labute approximate surface area is 130 Å². The van der Waals surface area contributed by atoms with Gasteiger partial charge in [-0.15, -0.1) is 0 Å². The lowest BCUT2D eigenvalue weighted by Gasteiger charge is -2.11. The first-order valence-electron chi connectivity index (χ1n) is 8.81. The Kier molecular flexibility index (Phi) is 7.08. The van der Waals surface area contributed by atoms with Crippen LogP contribution in [0.3, 0.4) is 0 Å². The normalized spacial score (nSPS) is 17.0. The molecule has 2 heteroatoms. The molecule has 1 aromatic carbocycles.